The lowest BCUT2D eigenvalue weighted by Crippen LogP contribution is -2.16. The second kappa shape index (κ2) is 38.2. The van der Waals surface area contributed by atoms with Crippen LogP contribution in [0.1, 0.15) is 200 Å². The van der Waals surface area contributed by atoms with E-state index in [1.807, 2.05) is 14.1 Å². The van der Waals surface area contributed by atoms with Crippen molar-refractivity contribution in [1.29, 1.82) is 0 Å². The van der Waals surface area contributed by atoms with Crippen LogP contribution in [0, 0.1) is 5.92 Å². The van der Waals surface area contributed by atoms with Crippen molar-refractivity contribution in [1.82, 2.24) is 4.90 Å². The molecule has 0 aromatic carbocycles. The lowest BCUT2D eigenvalue weighted by Gasteiger charge is -2.17. The number of hydrogen-bond acceptors (Lipinski definition) is 7. The molecule has 0 fully saturated rings. The van der Waals surface area contributed by atoms with Crippen LogP contribution in [0.4, 0.5) is 0 Å². The molecule has 1 unspecified atom stereocenters. The number of unbranched alkanes of at least 4 members (excludes halogenated alkanes) is 20. The Bertz CT molecular complexity index is 747. The molecule has 0 amide bonds. The van der Waals surface area contributed by atoms with E-state index in [2.05, 4.69) is 18.7 Å². The van der Waals surface area contributed by atoms with Gasteiger partial charge in [0.1, 0.15) is 5.78 Å². The highest BCUT2D eigenvalue weighted by Crippen LogP contribution is 2.20. The number of esters is 2. The molecule has 0 rings (SSSR count). The smallest absolute Gasteiger partial charge is 0.305 e. The van der Waals surface area contributed by atoms with E-state index in [0.717, 1.165) is 63.7 Å². The number of nitrogens with zero attached hydrogens (tertiary/aromatic N) is 1. The molecular formula is C42H81NO5S. The summed E-state index contributed by atoms with van der Waals surface area (Å²) in [5.74, 6) is 1.91. The maximum absolute atomic E-state index is 12.5. The molecular weight excluding hydrogens is 631 g/mol. The Balaban J connectivity index is 4.19. The van der Waals surface area contributed by atoms with Crippen LogP contribution in [0.25, 0.3) is 0 Å². The zero-order chi connectivity index (χ0) is 36.0. The summed E-state index contributed by atoms with van der Waals surface area (Å²) in [4.78, 5) is 39.3. The molecule has 290 valence electrons. The van der Waals surface area contributed by atoms with Crippen molar-refractivity contribution in [3.05, 3.63) is 0 Å². The predicted octanol–water partition coefficient (Wildman–Crippen LogP) is 11.9. The fraction of sp³-hybridized carbons (Fsp3) is 0.929. The first-order valence-corrected chi connectivity index (χ1v) is 22.1. The summed E-state index contributed by atoms with van der Waals surface area (Å²) in [6, 6.07) is 0. The molecule has 49 heavy (non-hydrogen) atoms. The van der Waals surface area contributed by atoms with E-state index in [-0.39, 0.29) is 17.9 Å². The molecule has 0 bridgehead atoms. The molecule has 0 aromatic rings. The van der Waals surface area contributed by atoms with Crippen LogP contribution in [0.3, 0.4) is 0 Å². The van der Waals surface area contributed by atoms with Gasteiger partial charge in [-0.05, 0) is 58.5 Å². The van der Waals surface area contributed by atoms with Gasteiger partial charge in [-0.1, -0.05) is 142 Å². The minimum absolute atomic E-state index is 0.0891. The molecule has 0 aliphatic rings. The van der Waals surface area contributed by atoms with Crippen LogP contribution in [0.15, 0.2) is 0 Å². The standard InChI is InChI=1S/C42H81NO5S/c1-5-7-9-11-13-15-17-19-21-23-25-29-41(45)47-35-27-28-39(31-32-40(44)38-49-37-34-43(3)4)33-36-48-42(46)30-26-24-22-20-18-16-14-12-10-8-6-2/h39H,5-38H2,1-4H3. The number of ketones is 1. The first-order valence-electron chi connectivity index (χ1n) is 20.9. The molecule has 0 heterocycles. The summed E-state index contributed by atoms with van der Waals surface area (Å²) in [7, 11) is 4.10. The van der Waals surface area contributed by atoms with E-state index in [1.54, 1.807) is 11.8 Å². The maximum atomic E-state index is 12.5. The van der Waals surface area contributed by atoms with Crippen LogP contribution in [0.5, 0.6) is 0 Å². The van der Waals surface area contributed by atoms with Gasteiger partial charge in [0.25, 0.3) is 0 Å². The summed E-state index contributed by atoms with van der Waals surface area (Å²) in [5.41, 5.74) is 0. The zero-order valence-electron chi connectivity index (χ0n) is 33.0. The monoisotopic (exact) mass is 712 g/mol. The van der Waals surface area contributed by atoms with Gasteiger partial charge in [-0.15, -0.1) is 0 Å². The quantitative estimate of drug-likeness (QED) is 0.0464. The summed E-state index contributed by atoms with van der Waals surface area (Å²) in [6.45, 7) is 6.33. The van der Waals surface area contributed by atoms with Gasteiger partial charge in [-0.3, -0.25) is 14.4 Å². The van der Waals surface area contributed by atoms with Gasteiger partial charge in [0.15, 0.2) is 0 Å². The van der Waals surface area contributed by atoms with Gasteiger partial charge in [0, 0.05) is 31.6 Å². The van der Waals surface area contributed by atoms with Crippen molar-refractivity contribution in [2.75, 3.05) is 45.4 Å². The summed E-state index contributed by atoms with van der Waals surface area (Å²) in [6.07, 6.45) is 32.7. The number of Topliss-reactive ketones (excluding diaryl/α,β-unsaturated/α-hetero) is 1. The van der Waals surface area contributed by atoms with Crippen LogP contribution in [-0.4, -0.2) is 68.0 Å². The molecule has 0 saturated heterocycles. The van der Waals surface area contributed by atoms with E-state index < -0.39 is 0 Å². The predicted molar refractivity (Wildman–Crippen MR) is 212 cm³/mol. The fourth-order valence-corrected chi connectivity index (χ4v) is 7.22. The average molecular weight is 712 g/mol. The number of carbonyl (C=O) groups excluding carboxylic acids is 3. The van der Waals surface area contributed by atoms with Crippen LogP contribution < -0.4 is 0 Å². The van der Waals surface area contributed by atoms with Gasteiger partial charge in [-0.2, -0.15) is 11.8 Å². The second-order valence-corrected chi connectivity index (χ2v) is 15.8. The lowest BCUT2D eigenvalue weighted by atomic mass is 9.94. The number of ether oxygens (including phenoxy) is 2. The Morgan fingerprint density at radius 3 is 1.39 bits per heavy atom. The molecule has 0 radical (unpaired) electrons. The SMILES string of the molecule is CCCCCCCCCCCCCC(=O)OCCCC(CCOC(=O)CCCCCCCCCCCCC)CCC(=O)CSCCN(C)C. The Morgan fingerprint density at radius 2 is 0.939 bits per heavy atom. The lowest BCUT2D eigenvalue weighted by molar-refractivity contribution is -0.145. The molecule has 6 nitrogen and oxygen atoms in total. The highest BCUT2D eigenvalue weighted by atomic mass is 32.2. The summed E-state index contributed by atoms with van der Waals surface area (Å²) in [5, 5.41) is 0. The van der Waals surface area contributed by atoms with Crippen molar-refractivity contribution in [3.8, 4) is 0 Å². The average Bonchev–Trinajstić information content (AvgIpc) is 3.08. The Labute approximate surface area is 308 Å². The largest absolute Gasteiger partial charge is 0.466 e. The van der Waals surface area contributed by atoms with E-state index in [1.165, 1.54) is 116 Å². The molecule has 1 atom stereocenters. The minimum Gasteiger partial charge on any atom is -0.466 e. The molecule has 0 saturated carbocycles. The van der Waals surface area contributed by atoms with Crippen molar-refractivity contribution in [3.63, 3.8) is 0 Å². The number of rotatable bonds is 39. The van der Waals surface area contributed by atoms with Gasteiger partial charge in [0.05, 0.1) is 19.0 Å². The number of hydrogen-bond donors (Lipinski definition) is 0. The maximum Gasteiger partial charge on any atom is 0.305 e. The number of thioether (sulfide) groups is 1. The normalized spacial score (nSPS) is 12.0. The van der Waals surface area contributed by atoms with Crippen LogP contribution in [0.2, 0.25) is 0 Å². The topological polar surface area (TPSA) is 72.9 Å². The van der Waals surface area contributed by atoms with Crippen LogP contribution >= 0.6 is 11.8 Å². The number of carbonyl (C=O) groups is 3. The van der Waals surface area contributed by atoms with Gasteiger partial charge >= 0.3 is 11.9 Å². The molecule has 0 aliphatic carbocycles. The van der Waals surface area contributed by atoms with Crippen LogP contribution in [-0.2, 0) is 23.9 Å². The van der Waals surface area contributed by atoms with E-state index in [9.17, 15) is 14.4 Å². The minimum atomic E-state index is -0.0978. The fourth-order valence-electron chi connectivity index (χ4n) is 6.21. The van der Waals surface area contributed by atoms with Gasteiger partial charge < -0.3 is 14.4 Å². The van der Waals surface area contributed by atoms with E-state index >= 15 is 0 Å². The van der Waals surface area contributed by atoms with Gasteiger partial charge in [-0.25, -0.2) is 0 Å². The second-order valence-electron chi connectivity index (χ2n) is 14.7. The van der Waals surface area contributed by atoms with Crippen molar-refractivity contribution >= 4 is 29.5 Å². The molecule has 7 heteroatoms. The highest BCUT2D eigenvalue weighted by molar-refractivity contribution is 7.99. The van der Waals surface area contributed by atoms with E-state index in [4.69, 9.17) is 9.47 Å². The van der Waals surface area contributed by atoms with Crippen molar-refractivity contribution in [2.24, 2.45) is 5.92 Å². The van der Waals surface area contributed by atoms with E-state index in [0.29, 0.717) is 44.0 Å². The summed E-state index contributed by atoms with van der Waals surface area (Å²) >= 11 is 1.70. The van der Waals surface area contributed by atoms with Crippen molar-refractivity contribution in [2.45, 2.75) is 200 Å². The third-order valence-electron chi connectivity index (χ3n) is 9.56. The first kappa shape index (κ1) is 47.9. The van der Waals surface area contributed by atoms with Crippen molar-refractivity contribution < 1.29 is 23.9 Å². The Hall–Kier alpha value is -1.08. The zero-order valence-corrected chi connectivity index (χ0v) is 33.8. The molecule has 0 aromatic heterocycles. The third kappa shape index (κ3) is 38.0. The Morgan fingerprint density at radius 1 is 0.510 bits per heavy atom. The molecule has 0 aliphatic heterocycles. The molecule has 0 N–H and O–H groups in total. The molecule has 0 spiro atoms. The summed E-state index contributed by atoms with van der Waals surface area (Å²) < 4.78 is 11.1. The van der Waals surface area contributed by atoms with Gasteiger partial charge in [0.2, 0.25) is 0 Å². The third-order valence-corrected chi connectivity index (χ3v) is 10.6. The highest BCUT2D eigenvalue weighted by Gasteiger charge is 2.14. The Kier molecular flexibility index (Phi) is 37.3. The first-order chi connectivity index (χ1) is 23.9.